The molecule has 0 aromatic rings. The van der Waals surface area contributed by atoms with Gasteiger partial charge < -0.3 is 0 Å². The third-order valence-corrected chi connectivity index (χ3v) is 1.28. The zero-order valence-electron chi connectivity index (χ0n) is 6.78. The van der Waals surface area contributed by atoms with Gasteiger partial charge in [-0.05, 0) is 13.8 Å². The summed E-state index contributed by atoms with van der Waals surface area (Å²) in [5.41, 5.74) is 0. The number of hydrogen-bond acceptors (Lipinski definition) is 1. The van der Waals surface area contributed by atoms with E-state index in [4.69, 9.17) is 0 Å². The van der Waals surface area contributed by atoms with Gasteiger partial charge in [0, 0.05) is 12.4 Å². The maximum absolute atomic E-state index is 11.0. The van der Waals surface area contributed by atoms with E-state index in [1.807, 2.05) is 13.8 Å². The maximum Gasteiger partial charge on any atom is 0.241 e. The summed E-state index contributed by atoms with van der Waals surface area (Å²) in [5.74, 6) is 0.0468. The van der Waals surface area contributed by atoms with Gasteiger partial charge in [-0.2, -0.15) is 0 Å². The number of carbonyl (C=O) groups excluding carboxylic acids is 1. The first kappa shape index (κ1) is 10.3. The van der Waals surface area contributed by atoms with E-state index in [9.17, 15) is 4.79 Å². The van der Waals surface area contributed by atoms with Crippen LogP contribution in [0.2, 0.25) is 0 Å². The summed E-state index contributed by atoms with van der Waals surface area (Å²) in [5, 5.41) is 0. The summed E-state index contributed by atoms with van der Waals surface area (Å²) in [6, 6.07) is 0. The molecule has 61 valence electrons. The molecule has 0 fully saturated rings. The first-order valence-corrected chi connectivity index (χ1v) is 3.99. The lowest BCUT2D eigenvalue weighted by Gasteiger charge is -2.10. The average molecular weight is 170 g/mol. The van der Waals surface area contributed by atoms with Crippen molar-refractivity contribution in [3.63, 3.8) is 0 Å². The van der Waals surface area contributed by atoms with E-state index in [0.717, 1.165) is 0 Å². The van der Waals surface area contributed by atoms with Gasteiger partial charge in [-0.15, -0.1) is 0 Å². The van der Waals surface area contributed by atoms with Crippen molar-refractivity contribution in [2.75, 3.05) is 5.75 Å². The summed E-state index contributed by atoms with van der Waals surface area (Å²) in [6.07, 6.45) is 6.97. The van der Waals surface area contributed by atoms with Gasteiger partial charge in [0.1, 0.15) is 0 Å². The van der Waals surface area contributed by atoms with Gasteiger partial charge >= 0.3 is 0 Å². The van der Waals surface area contributed by atoms with E-state index in [1.165, 1.54) is 4.90 Å². The Balaban J connectivity index is 4.20. The van der Waals surface area contributed by atoms with Gasteiger partial charge in [-0.1, -0.05) is 24.8 Å². The van der Waals surface area contributed by atoms with Gasteiger partial charge in [0.25, 0.3) is 0 Å². The molecule has 2 nitrogen and oxygen atoms in total. The van der Waals surface area contributed by atoms with E-state index in [1.54, 1.807) is 24.6 Å². The summed E-state index contributed by atoms with van der Waals surface area (Å²) in [6.45, 7) is 3.71. The molecular weight excluding hydrogens is 158 g/mol. The highest BCUT2D eigenvalue weighted by molar-refractivity contribution is 7.81. The highest BCUT2D eigenvalue weighted by Crippen LogP contribution is 1.94. The van der Waals surface area contributed by atoms with Crippen molar-refractivity contribution in [1.82, 2.24) is 4.90 Å². The normalized spacial score (nSPS) is 11.2. The molecule has 0 saturated heterocycles. The molecule has 1 radical (unpaired) electrons. The fourth-order valence-corrected chi connectivity index (χ4v) is 0.761. The second-order valence-electron chi connectivity index (χ2n) is 1.91. The summed E-state index contributed by atoms with van der Waals surface area (Å²) in [4.78, 5) is 12.5. The number of allylic oxidation sites excluding steroid dienone is 2. The number of rotatable bonds is 3. The molecule has 11 heavy (non-hydrogen) atoms. The van der Waals surface area contributed by atoms with Gasteiger partial charge in [0.15, 0.2) is 0 Å². The third-order valence-electron chi connectivity index (χ3n) is 1.03. The molecule has 0 unspecified atom stereocenters. The van der Waals surface area contributed by atoms with Crippen LogP contribution in [0.4, 0.5) is 0 Å². The van der Waals surface area contributed by atoms with Crippen molar-refractivity contribution < 1.29 is 4.79 Å². The zero-order chi connectivity index (χ0) is 8.69. The molecule has 0 aromatic heterocycles. The van der Waals surface area contributed by atoms with Crippen LogP contribution in [-0.4, -0.2) is 16.6 Å². The molecule has 0 heterocycles. The van der Waals surface area contributed by atoms with Crippen LogP contribution in [0.5, 0.6) is 0 Å². The van der Waals surface area contributed by atoms with Gasteiger partial charge in [-0.3, -0.25) is 9.69 Å². The molecule has 0 saturated carbocycles. The smallest absolute Gasteiger partial charge is 0.241 e. The Morgan fingerprint density at radius 3 is 2.09 bits per heavy atom. The number of nitrogens with zero attached hydrogens (tertiary/aromatic N) is 1. The fourth-order valence-electron chi connectivity index (χ4n) is 0.612. The molecule has 0 spiro atoms. The van der Waals surface area contributed by atoms with Crippen molar-refractivity contribution in [3.05, 3.63) is 24.6 Å². The van der Waals surface area contributed by atoms with E-state index >= 15 is 0 Å². The Labute approximate surface area is 73.0 Å². The van der Waals surface area contributed by atoms with Gasteiger partial charge in [-0.25, -0.2) is 0 Å². The van der Waals surface area contributed by atoms with Crippen LogP contribution in [0.15, 0.2) is 24.6 Å². The standard InChI is InChI=1S/C8H12NOS/c1-3-5-9(6-4-2)8(10)7-11/h3-6H,7H2,1-2H3. The molecule has 0 aliphatic rings. The number of amides is 1. The van der Waals surface area contributed by atoms with Crippen LogP contribution >= 0.6 is 12.6 Å². The lowest BCUT2D eigenvalue weighted by Crippen LogP contribution is -2.20. The van der Waals surface area contributed by atoms with Crippen molar-refractivity contribution in [2.45, 2.75) is 13.8 Å². The predicted octanol–water partition coefficient (Wildman–Crippen LogP) is 2.08. The Bertz CT molecular complexity index is 163. The molecule has 0 aliphatic carbocycles. The Morgan fingerprint density at radius 1 is 1.36 bits per heavy atom. The quantitative estimate of drug-likeness (QED) is 0.635. The molecule has 0 N–H and O–H groups in total. The van der Waals surface area contributed by atoms with E-state index in [2.05, 4.69) is 12.6 Å². The number of hydrogen-bond donors (Lipinski definition) is 0. The molecule has 0 aliphatic heterocycles. The van der Waals surface area contributed by atoms with Crippen LogP contribution in [-0.2, 0) is 4.79 Å². The second kappa shape index (κ2) is 6.04. The second-order valence-corrected chi connectivity index (χ2v) is 2.20. The molecule has 0 aromatic carbocycles. The van der Waals surface area contributed by atoms with Crippen molar-refractivity contribution in [2.24, 2.45) is 0 Å². The summed E-state index contributed by atoms with van der Waals surface area (Å²) >= 11 is 4.62. The van der Waals surface area contributed by atoms with Crippen LogP contribution < -0.4 is 0 Å². The molecule has 3 heteroatoms. The largest absolute Gasteiger partial charge is 0.295 e. The molecule has 0 bridgehead atoms. The maximum atomic E-state index is 11.0. The van der Waals surface area contributed by atoms with Crippen LogP contribution in [0.3, 0.4) is 0 Å². The summed E-state index contributed by atoms with van der Waals surface area (Å²) < 4.78 is 0. The number of carbonyl (C=O) groups is 1. The van der Waals surface area contributed by atoms with Crippen molar-refractivity contribution in [3.8, 4) is 0 Å². The average Bonchev–Trinajstić information content (AvgIpc) is 2.03. The third kappa shape index (κ3) is 3.88. The zero-order valence-corrected chi connectivity index (χ0v) is 7.60. The first-order chi connectivity index (χ1) is 5.26. The minimum absolute atomic E-state index is 0.0730. The van der Waals surface area contributed by atoms with E-state index in [-0.39, 0.29) is 11.7 Å². The molecule has 0 atom stereocenters. The Morgan fingerprint density at radius 2 is 1.82 bits per heavy atom. The van der Waals surface area contributed by atoms with Crippen LogP contribution in [0, 0.1) is 0 Å². The van der Waals surface area contributed by atoms with Crippen molar-refractivity contribution in [1.29, 1.82) is 0 Å². The minimum Gasteiger partial charge on any atom is -0.295 e. The Kier molecular flexibility index (Phi) is 5.65. The summed E-state index contributed by atoms with van der Waals surface area (Å²) in [7, 11) is 0. The minimum atomic E-state index is -0.0730. The highest BCUT2D eigenvalue weighted by atomic mass is 32.1. The first-order valence-electron chi connectivity index (χ1n) is 3.41. The Hall–Kier alpha value is -0.700. The SMILES string of the molecule is CC=CN(C=CC)C(=O)C[S]. The van der Waals surface area contributed by atoms with Crippen LogP contribution in [0.1, 0.15) is 13.8 Å². The lowest BCUT2D eigenvalue weighted by atomic mass is 10.5. The van der Waals surface area contributed by atoms with Gasteiger partial charge in [0.2, 0.25) is 5.91 Å². The predicted molar refractivity (Wildman–Crippen MR) is 48.9 cm³/mol. The lowest BCUT2D eigenvalue weighted by molar-refractivity contribution is -0.123. The van der Waals surface area contributed by atoms with E-state index in [0.29, 0.717) is 0 Å². The molecular formula is C8H12NOS. The fraction of sp³-hybridized carbons (Fsp3) is 0.375. The monoisotopic (exact) mass is 170 g/mol. The van der Waals surface area contributed by atoms with Gasteiger partial charge in [0.05, 0.1) is 5.75 Å². The van der Waals surface area contributed by atoms with E-state index < -0.39 is 0 Å². The topological polar surface area (TPSA) is 20.3 Å². The highest BCUT2D eigenvalue weighted by Gasteiger charge is 2.03. The van der Waals surface area contributed by atoms with Crippen LogP contribution in [0.25, 0.3) is 0 Å². The molecule has 0 rings (SSSR count). The molecule has 1 amide bonds. The van der Waals surface area contributed by atoms with Crippen molar-refractivity contribution >= 4 is 18.5 Å².